The van der Waals surface area contributed by atoms with E-state index in [4.69, 9.17) is 4.42 Å². The third-order valence-corrected chi connectivity index (χ3v) is 4.87. The molecular weight excluding hydrogens is 396 g/mol. The number of amides is 1. The molecule has 0 aliphatic heterocycles. The molecule has 4 rings (SSSR count). The predicted octanol–water partition coefficient (Wildman–Crippen LogP) is 5.18. The van der Waals surface area contributed by atoms with Crippen molar-refractivity contribution in [2.24, 2.45) is 0 Å². The molecule has 154 valence electrons. The Balaban J connectivity index is 1.51. The molecule has 0 saturated heterocycles. The minimum Gasteiger partial charge on any atom is -0.416 e. The summed E-state index contributed by atoms with van der Waals surface area (Å²) in [6.45, 7) is 3.60. The lowest BCUT2D eigenvalue weighted by Crippen LogP contribution is -2.13. The second-order valence-electron chi connectivity index (χ2n) is 7.02. The Morgan fingerprint density at radius 3 is 2.06 bits per heavy atom. The highest BCUT2D eigenvalue weighted by atomic mass is 16.6. The highest BCUT2D eigenvalue weighted by Gasteiger charge is 2.16. The molecule has 1 N–H and O–H groups in total. The molecule has 8 nitrogen and oxygen atoms in total. The van der Waals surface area contributed by atoms with Crippen molar-refractivity contribution in [3.8, 4) is 22.9 Å². The third-order valence-electron chi connectivity index (χ3n) is 4.87. The van der Waals surface area contributed by atoms with Gasteiger partial charge in [0.2, 0.25) is 11.8 Å². The van der Waals surface area contributed by atoms with Crippen LogP contribution in [-0.4, -0.2) is 21.0 Å². The Hall–Kier alpha value is -4.33. The zero-order valence-corrected chi connectivity index (χ0v) is 16.8. The topological polar surface area (TPSA) is 111 Å². The van der Waals surface area contributed by atoms with Gasteiger partial charge in [-0.3, -0.25) is 14.9 Å². The van der Waals surface area contributed by atoms with Gasteiger partial charge in [-0.25, -0.2) is 0 Å². The number of benzene rings is 3. The van der Waals surface area contributed by atoms with Crippen molar-refractivity contribution in [2.45, 2.75) is 13.8 Å². The molecule has 0 fully saturated rings. The molecule has 0 aliphatic carbocycles. The van der Waals surface area contributed by atoms with Crippen LogP contribution in [0.3, 0.4) is 0 Å². The molecule has 31 heavy (non-hydrogen) atoms. The number of rotatable bonds is 5. The van der Waals surface area contributed by atoms with E-state index in [0.717, 1.165) is 11.1 Å². The predicted molar refractivity (Wildman–Crippen MR) is 116 cm³/mol. The van der Waals surface area contributed by atoms with E-state index >= 15 is 0 Å². The molecule has 8 heteroatoms. The number of nitro groups is 1. The molecule has 1 amide bonds. The zero-order valence-electron chi connectivity index (χ0n) is 16.8. The molecule has 0 radical (unpaired) electrons. The van der Waals surface area contributed by atoms with Crippen LogP contribution in [0, 0.1) is 24.0 Å². The smallest absolute Gasteiger partial charge is 0.274 e. The molecule has 1 aromatic heterocycles. The van der Waals surface area contributed by atoms with E-state index in [9.17, 15) is 14.9 Å². The van der Waals surface area contributed by atoms with Crippen molar-refractivity contribution in [1.29, 1.82) is 0 Å². The second-order valence-corrected chi connectivity index (χ2v) is 7.02. The van der Waals surface area contributed by atoms with E-state index in [1.54, 1.807) is 37.3 Å². The van der Waals surface area contributed by atoms with Gasteiger partial charge in [0.1, 0.15) is 0 Å². The van der Waals surface area contributed by atoms with Gasteiger partial charge < -0.3 is 9.73 Å². The number of aromatic nitrogens is 2. The van der Waals surface area contributed by atoms with Gasteiger partial charge in [0.05, 0.1) is 16.2 Å². The van der Waals surface area contributed by atoms with Crippen molar-refractivity contribution < 1.29 is 14.1 Å². The maximum absolute atomic E-state index is 12.6. The molecule has 0 spiro atoms. The molecule has 1 heterocycles. The number of hydrogen-bond donors (Lipinski definition) is 1. The molecule has 0 saturated carbocycles. The average Bonchev–Trinajstić information content (AvgIpc) is 3.26. The molecule has 0 aliphatic rings. The zero-order chi connectivity index (χ0) is 22.0. The van der Waals surface area contributed by atoms with Gasteiger partial charge in [0.25, 0.3) is 11.6 Å². The quantitative estimate of drug-likeness (QED) is 0.356. The number of hydrogen-bond acceptors (Lipinski definition) is 6. The van der Waals surface area contributed by atoms with Crippen LogP contribution in [0.4, 0.5) is 11.4 Å². The first-order valence-corrected chi connectivity index (χ1v) is 9.49. The fourth-order valence-electron chi connectivity index (χ4n) is 3.07. The van der Waals surface area contributed by atoms with E-state index in [1.807, 2.05) is 31.2 Å². The fourth-order valence-corrected chi connectivity index (χ4v) is 3.07. The summed E-state index contributed by atoms with van der Waals surface area (Å²) in [5, 5.41) is 22.0. The standard InChI is InChI=1S/C23H18N4O4/c1-14-6-8-17(9-7-14)22-25-26-23(31-22)18-12-10-16(11-13-18)21(28)24-19-4-3-5-20(15(19)2)27(29)30/h3-13H,1-2H3,(H,24,28). The van der Waals surface area contributed by atoms with Gasteiger partial charge in [-0.15, -0.1) is 10.2 Å². The highest BCUT2D eigenvalue weighted by Crippen LogP contribution is 2.27. The Bertz CT molecular complexity index is 1260. The molecule has 3 aromatic carbocycles. The summed E-state index contributed by atoms with van der Waals surface area (Å²) in [5.74, 6) is 0.385. The van der Waals surface area contributed by atoms with Crippen LogP contribution in [0.15, 0.2) is 71.1 Å². The van der Waals surface area contributed by atoms with Gasteiger partial charge >= 0.3 is 0 Å². The van der Waals surface area contributed by atoms with Gasteiger partial charge in [-0.2, -0.15) is 0 Å². The van der Waals surface area contributed by atoms with Crippen LogP contribution in [-0.2, 0) is 0 Å². The fraction of sp³-hybridized carbons (Fsp3) is 0.0870. The summed E-state index contributed by atoms with van der Waals surface area (Å²) in [5.41, 5.74) is 3.77. The van der Waals surface area contributed by atoms with Crippen LogP contribution in [0.1, 0.15) is 21.5 Å². The van der Waals surface area contributed by atoms with Crippen molar-refractivity contribution in [3.05, 3.63) is 93.5 Å². The number of carbonyl (C=O) groups is 1. The van der Waals surface area contributed by atoms with Crippen LogP contribution in [0.2, 0.25) is 0 Å². The van der Waals surface area contributed by atoms with Crippen LogP contribution in [0.25, 0.3) is 22.9 Å². The van der Waals surface area contributed by atoms with Crippen molar-refractivity contribution >= 4 is 17.3 Å². The highest BCUT2D eigenvalue weighted by molar-refractivity contribution is 6.05. The first kappa shape index (κ1) is 20.0. The van der Waals surface area contributed by atoms with E-state index in [-0.39, 0.29) is 11.6 Å². The maximum Gasteiger partial charge on any atom is 0.274 e. The molecular formula is C23H18N4O4. The first-order chi connectivity index (χ1) is 14.9. The summed E-state index contributed by atoms with van der Waals surface area (Å²) >= 11 is 0. The van der Waals surface area contributed by atoms with Crippen LogP contribution >= 0.6 is 0 Å². The number of nitro benzene ring substituents is 1. The first-order valence-electron chi connectivity index (χ1n) is 9.49. The Morgan fingerprint density at radius 1 is 0.903 bits per heavy atom. The second kappa shape index (κ2) is 8.19. The summed E-state index contributed by atoms with van der Waals surface area (Å²) < 4.78 is 5.76. The lowest BCUT2D eigenvalue weighted by Gasteiger charge is -2.08. The van der Waals surface area contributed by atoms with Gasteiger partial charge in [0.15, 0.2) is 0 Å². The van der Waals surface area contributed by atoms with Gasteiger partial charge in [-0.05, 0) is 56.3 Å². The summed E-state index contributed by atoms with van der Waals surface area (Å²) in [7, 11) is 0. The molecule has 0 atom stereocenters. The monoisotopic (exact) mass is 414 g/mol. The normalized spacial score (nSPS) is 10.6. The molecule has 0 bridgehead atoms. The lowest BCUT2D eigenvalue weighted by molar-refractivity contribution is -0.385. The average molecular weight is 414 g/mol. The Kier molecular flexibility index (Phi) is 5.28. The van der Waals surface area contributed by atoms with Crippen molar-refractivity contribution in [1.82, 2.24) is 10.2 Å². The summed E-state index contributed by atoms with van der Waals surface area (Å²) in [4.78, 5) is 23.2. The number of nitrogens with one attached hydrogen (secondary N) is 1. The van der Waals surface area contributed by atoms with Gasteiger partial charge in [0, 0.05) is 22.8 Å². The number of aryl methyl sites for hydroxylation is 1. The van der Waals surface area contributed by atoms with Crippen LogP contribution in [0.5, 0.6) is 0 Å². The molecule has 0 unspecified atom stereocenters. The largest absolute Gasteiger partial charge is 0.416 e. The van der Waals surface area contributed by atoms with Gasteiger partial charge in [-0.1, -0.05) is 23.8 Å². The van der Waals surface area contributed by atoms with E-state index in [0.29, 0.717) is 34.2 Å². The van der Waals surface area contributed by atoms with E-state index in [2.05, 4.69) is 15.5 Å². The number of nitrogens with zero attached hydrogens (tertiary/aromatic N) is 3. The minimum atomic E-state index is -0.477. The Labute approximate surface area is 177 Å². The molecule has 4 aromatic rings. The number of carbonyl (C=O) groups excluding carboxylic acids is 1. The van der Waals surface area contributed by atoms with Crippen molar-refractivity contribution in [2.75, 3.05) is 5.32 Å². The van der Waals surface area contributed by atoms with Crippen LogP contribution < -0.4 is 5.32 Å². The third kappa shape index (κ3) is 4.18. The Morgan fingerprint density at radius 2 is 1.48 bits per heavy atom. The van der Waals surface area contributed by atoms with E-state index < -0.39 is 4.92 Å². The minimum absolute atomic E-state index is 0.0473. The van der Waals surface area contributed by atoms with E-state index in [1.165, 1.54) is 12.1 Å². The van der Waals surface area contributed by atoms with Crippen molar-refractivity contribution in [3.63, 3.8) is 0 Å². The lowest BCUT2D eigenvalue weighted by atomic mass is 10.1. The number of anilines is 1. The summed E-state index contributed by atoms with van der Waals surface area (Å²) in [6, 6.07) is 19.0. The maximum atomic E-state index is 12.6. The SMILES string of the molecule is Cc1ccc(-c2nnc(-c3ccc(C(=O)Nc4cccc([N+](=O)[O-])c4C)cc3)o2)cc1. The summed E-state index contributed by atoms with van der Waals surface area (Å²) in [6.07, 6.45) is 0.